The van der Waals surface area contributed by atoms with Crippen molar-refractivity contribution in [2.45, 2.75) is 31.7 Å². The molecule has 0 radical (unpaired) electrons. The lowest BCUT2D eigenvalue weighted by atomic mass is 10.0. The molecule has 3 rings (SSSR count). The Morgan fingerprint density at radius 2 is 2.11 bits per heavy atom. The Morgan fingerprint density at radius 3 is 2.79 bits per heavy atom. The zero-order valence-electron chi connectivity index (χ0n) is 11.2. The Labute approximate surface area is 114 Å². The Bertz CT molecular complexity index is 467. The van der Waals surface area contributed by atoms with Crippen LogP contribution in [-0.2, 0) is 0 Å². The molecular formula is C15H20N4. The first-order valence-corrected chi connectivity index (χ1v) is 7.20. The molecule has 0 bridgehead atoms. The van der Waals surface area contributed by atoms with Crippen LogP contribution in [0.3, 0.4) is 0 Å². The molecule has 1 aliphatic carbocycles. The third-order valence-corrected chi connectivity index (χ3v) is 4.12. The fourth-order valence-electron chi connectivity index (χ4n) is 2.72. The number of nitriles is 1. The number of piperidine rings is 1. The second-order valence-corrected chi connectivity index (χ2v) is 5.60. The van der Waals surface area contributed by atoms with Gasteiger partial charge in [-0.25, -0.2) is 4.98 Å². The van der Waals surface area contributed by atoms with Crippen molar-refractivity contribution in [1.82, 2.24) is 10.3 Å². The SMILES string of the molecule is N#Cc1ncccc1N1CCC(NCC2CC2)CC1. The number of pyridine rings is 1. The molecule has 4 heteroatoms. The van der Waals surface area contributed by atoms with Crippen molar-refractivity contribution in [2.75, 3.05) is 24.5 Å². The van der Waals surface area contributed by atoms with Crippen molar-refractivity contribution in [3.05, 3.63) is 24.0 Å². The number of anilines is 1. The van der Waals surface area contributed by atoms with E-state index < -0.39 is 0 Å². The molecule has 1 saturated carbocycles. The maximum absolute atomic E-state index is 9.10. The lowest BCUT2D eigenvalue weighted by Crippen LogP contribution is -2.43. The minimum Gasteiger partial charge on any atom is -0.369 e. The van der Waals surface area contributed by atoms with E-state index in [0.717, 1.165) is 37.5 Å². The maximum Gasteiger partial charge on any atom is 0.163 e. The molecule has 0 spiro atoms. The third kappa shape index (κ3) is 3.05. The van der Waals surface area contributed by atoms with Crippen molar-refractivity contribution in [1.29, 1.82) is 5.26 Å². The summed E-state index contributed by atoms with van der Waals surface area (Å²) in [7, 11) is 0. The van der Waals surface area contributed by atoms with E-state index in [1.807, 2.05) is 12.1 Å². The molecule has 2 aliphatic rings. The van der Waals surface area contributed by atoms with Crippen molar-refractivity contribution in [3.63, 3.8) is 0 Å². The van der Waals surface area contributed by atoms with Gasteiger partial charge in [0.25, 0.3) is 0 Å². The summed E-state index contributed by atoms with van der Waals surface area (Å²) in [5.41, 5.74) is 1.54. The van der Waals surface area contributed by atoms with Crippen LogP contribution >= 0.6 is 0 Å². The van der Waals surface area contributed by atoms with E-state index in [0.29, 0.717) is 11.7 Å². The Morgan fingerprint density at radius 1 is 1.32 bits per heavy atom. The van der Waals surface area contributed by atoms with Crippen LogP contribution in [0.1, 0.15) is 31.4 Å². The Kier molecular flexibility index (Phi) is 3.65. The van der Waals surface area contributed by atoms with Gasteiger partial charge in [-0.2, -0.15) is 5.26 Å². The summed E-state index contributed by atoms with van der Waals surface area (Å²) < 4.78 is 0. The lowest BCUT2D eigenvalue weighted by molar-refractivity contribution is 0.408. The number of hydrogen-bond donors (Lipinski definition) is 1. The largest absolute Gasteiger partial charge is 0.369 e. The smallest absolute Gasteiger partial charge is 0.163 e. The summed E-state index contributed by atoms with van der Waals surface area (Å²) >= 11 is 0. The van der Waals surface area contributed by atoms with Gasteiger partial charge < -0.3 is 10.2 Å². The van der Waals surface area contributed by atoms with Gasteiger partial charge in [0.05, 0.1) is 5.69 Å². The van der Waals surface area contributed by atoms with Crippen LogP contribution in [-0.4, -0.2) is 30.7 Å². The molecule has 0 unspecified atom stereocenters. The molecule has 2 fully saturated rings. The maximum atomic E-state index is 9.10. The lowest BCUT2D eigenvalue weighted by Gasteiger charge is -2.34. The molecule has 1 N–H and O–H groups in total. The van der Waals surface area contributed by atoms with Gasteiger partial charge in [-0.05, 0) is 50.3 Å². The van der Waals surface area contributed by atoms with Gasteiger partial charge in [0.2, 0.25) is 0 Å². The number of nitrogens with zero attached hydrogens (tertiary/aromatic N) is 3. The number of nitrogens with one attached hydrogen (secondary N) is 1. The minimum atomic E-state index is 0.548. The Balaban J connectivity index is 1.55. The van der Waals surface area contributed by atoms with Crippen molar-refractivity contribution in [3.8, 4) is 6.07 Å². The fraction of sp³-hybridized carbons (Fsp3) is 0.600. The molecule has 0 amide bonds. The van der Waals surface area contributed by atoms with E-state index >= 15 is 0 Å². The molecule has 2 heterocycles. The summed E-state index contributed by atoms with van der Waals surface area (Å²) in [5.74, 6) is 0.946. The average molecular weight is 256 g/mol. The molecule has 0 aromatic carbocycles. The highest BCUT2D eigenvalue weighted by Crippen LogP contribution is 2.28. The molecule has 1 saturated heterocycles. The minimum absolute atomic E-state index is 0.548. The highest BCUT2D eigenvalue weighted by atomic mass is 15.2. The first-order chi connectivity index (χ1) is 9.36. The van der Waals surface area contributed by atoms with E-state index in [-0.39, 0.29) is 0 Å². The highest BCUT2D eigenvalue weighted by molar-refractivity contribution is 5.55. The van der Waals surface area contributed by atoms with Crippen LogP contribution in [0, 0.1) is 17.2 Å². The third-order valence-electron chi connectivity index (χ3n) is 4.12. The van der Waals surface area contributed by atoms with Crippen LogP contribution < -0.4 is 10.2 Å². The van der Waals surface area contributed by atoms with Gasteiger partial charge in [-0.15, -0.1) is 0 Å². The van der Waals surface area contributed by atoms with E-state index in [1.54, 1.807) is 6.20 Å². The van der Waals surface area contributed by atoms with E-state index in [2.05, 4.69) is 21.3 Å². The summed E-state index contributed by atoms with van der Waals surface area (Å²) in [4.78, 5) is 6.43. The zero-order chi connectivity index (χ0) is 13.1. The quantitative estimate of drug-likeness (QED) is 0.894. The fourth-order valence-corrected chi connectivity index (χ4v) is 2.72. The molecular weight excluding hydrogens is 236 g/mol. The van der Waals surface area contributed by atoms with Crippen LogP contribution in [0.2, 0.25) is 0 Å². The van der Waals surface area contributed by atoms with Crippen LogP contribution in [0.5, 0.6) is 0 Å². The topological polar surface area (TPSA) is 52.0 Å². The predicted molar refractivity (Wildman–Crippen MR) is 74.9 cm³/mol. The van der Waals surface area contributed by atoms with Crippen LogP contribution in [0.15, 0.2) is 18.3 Å². The summed E-state index contributed by atoms with van der Waals surface area (Å²) in [6, 6.07) is 6.75. The predicted octanol–water partition coefficient (Wildman–Crippen LogP) is 1.92. The normalized spacial score (nSPS) is 20.3. The van der Waals surface area contributed by atoms with E-state index in [1.165, 1.54) is 19.4 Å². The average Bonchev–Trinajstić information content (AvgIpc) is 3.30. The van der Waals surface area contributed by atoms with Gasteiger partial charge in [0, 0.05) is 25.3 Å². The van der Waals surface area contributed by atoms with Gasteiger partial charge in [0.1, 0.15) is 6.07 Å². The molecule has 1 aliphatic heterocycles. The van der Waals surface area contributed by atoms with Gasteiger partial charge in [-0.1, -0.05) is 0 Å². The first-order valence-electron chi connectivity index (χ1n) is 7.20. The molecule has 100 valence electrons. The van der Waals surface area contributed by atoms with Gasteiger partial charge in [0.15, 0.2) is 5.69 Å². The summed E-state index contributed by atoms with van der Waals surface area (Å²) in [6.07, 6.45) is 6.82. The van der Waals surface area contributed by atoms with Gasteiger partial charge in [-0.3, -0.25) is 0 Å². The standard InChI is InChI=1S/C15H20N4/c16-10-14-15(2-1-7-17-14)19-8-5-13(6-9-19)18-11-12-3-4-12/h1-2,7,12-13,18H,3-6,8-9,11H2. The zero-order valence-corrected chi connectivity index (χ0v) is 11.2. The molecule has 0 atom stereocenters. The van der Waals surface area contributed by atoms with E-state index in [4.69, 9.17) is 5.26 Å². The van der Waals surface area contributed by atoms with Crippen LogP contribution in [0.4, 0.5) is 5.69 Å². The Hall–Kier alpha value is -1.60. The number of aromatic nitrogens is 1. The summed E-state index contributed by atoms with van der Waals surface area (Å²) in [6.45, 7) is 3.23. The van der Waals surface area contributed by atoms with Crippen molar-refractivity contribution >= 4 is 5.69 Å². The molecule has 4 nitrogen and oxygen atoms in total. The number of hydrogen-bond acceptors (Lipinski definition) is 4. The monoisotopic (exact) mass is 256 g/mol. The van der Waals surface area contributed by atoms with Crippen LogP contribution in [0.25, 0.3) is 0 Å². The van der Waals surface area contributed by atoms with Crippen molar-refractivity contribution < 1.29 is 0 Å². The molecule has 1 aromatic rings. The molecule has 19 heavy (non-hydrogen) atoms. The molecule has 1 aromatic heterocycles. The second-order valence-electron chi connectivity index (χ2n) is 5.60. The van der Waals surface area contributed by atoms with Crippen molar-refractivity contribution in [2.24, 2.45) is 5.92 Å². The number of rotatable bonds is 4. The first kappa shape index (κ1) is 12.4. The van der Waals surface area contributed by atoms with Gasteiger partial charge >= 0.3 is 0 Å². The summed E-state index contributed by atoms with van der Waals surface area (Å²) in [5, 5.41) is 12.8. The second kappa shape index (κ2) is 5.58. The highest BCUT2D eigenvalue weighted by Gasteiger charge is 2.25. The van der Waals surface area contributed by atoms with E-state index in [9.17, 15) is 0 Å².